The van der Waals surface area contributed by atoms with E-state index in [0.717, 1.165) is 6.07 Å². The highest BCUT2D eigenvalue weighted by Crippen LogP contribution is 2.31. The second kappa shape index (κ2) is 8.14. The molecule has 0 heterocycles. The lowest BCUT2D eigenvalue weighted by atomic mass is 10.0. The minimum absolute atomic E-state index is 0.154. The van der Waals surface area contributed by atoms with Crippen molar-refractivity contribution < 1.29 is 28.6 Å². The lowest BCUT2D eigenvalue weighted by Crippen LogP contribution is -2.30. The van der Waals surface area contributed by atoms with Crippen LogP contribution in [0, 0.1) is 5.82 Å². The van der Waals surface area contributed by atoms with Crippen LogP contribution in [-0.4, -0.2) is 31.2 Å². The van der Waals surface area contributed by atoms with Crippen LogP contribution in [0.15, 0.2) is 42.5 Å². The molecule has 0 aliphatic carbocycles. The number of rotatable bonds is 7. The van der Waals surface area contributed by atoms with E-state index < -0.39 is 23.7 Å². The Bertz CT molecular complexity index is 778. The van der Waals surface area contributed by atoms with Gasteiger partial charge >= 0.3 is 5.97 Å². The molecule has 0 aliphatic rings. The molecule has 2 rings (SSSR count). The number of amides is 1. The summed E-state index contributed by atoms with van der Waals surface area (Å²) >= 11 is 0. The van der Waals surface area contributed by atoms with Gasteiger partial charge in [0, 0.05) is 0 Å². The van der Waals surface area contributed by atoms with Crippen molar-refractivity contribution in [3.8, 4) is 11.5 Å². The Morgan fingerprint density at radius 3 is 2.40 bits per heavy atom. The van der Waals surface area contributed by atoms with E-state index in [2.05, 4.69) is 5.32 Å². The van der Waals surface area contributed by atoms with Gasteiger partial charge in [-0.2, -0.15) is 0 Å². The Morgan fingerprint density at radius 2 is 1.80 bits per heavy atom. The fourth-order valence-electron chi connectivity index (χ4n) is 2.38. The van der Waals surface area contributed by atoms with Crippen molar-refractivity contribution in [1.82, 2.24) is 5.32 Å². The average Bonchev–Trinajstić information content (AvgIpc) is 2.60. The molecule has 0 fully saturated rings. The SMILES string of the molecule is COc1ccc([C@H](CC(=O)O)NC(=O)c2ccccc2F)cc1OC. The second-order valence-corrected chi connectivity index (χ2v) is 5.22. The molecule has 0 bridgehead atoms. The van der Waals surface area contributed by atoms with Crippen LogP contribution in [-0.2, 0) is 4.79 Å². The maximum Gasteiger partial charge on any atom is 0.305 e. The highest BCUT2D eigenvalue weighted by Gasteiger charge is 2.21. The molecule has 2 aromatic carbocycles. The molecule has 0 saturated carbocycles. The van der Waals surface area contributed by atoms with Crippen molar-refractivity contribution in [2.75, 3.05) is 14.2 Å². The zero-order valence-corrected chi connectivity index (χ0v) is 13.8. The zero-order valence-electron chi connectivity index (χ0n) is 13.8. The van der Waals surface area contributed by atoms with E-state index in [4.69, 9.17) is 14.6 Å². The van der Waals surface area contributed by atoms with Gasteiger partial charge in [-0.25, -0.2) is 4.39 Å². The van der Waals surface area contributed by atoms with Crippen LogP contribution >= 0.6 is 0 Å². The first kappa shape index (κ1) is 18.3. The average molecular weight is 347 g/mol. The third-order valence-corrected chi connectivity index (χ3v) is 3.61. The van der Waals surface area contributed by atoms with Crippen LogP contribution in [0.2, 0.25) is 0 Å². The van der Waals surface area contributed by atoms with Crippen molar-refractivity contribution >= 4 is 11.9 Å². The number of nitrogens with one attached hydrogen (secondary N) is 1. The van der Waals surface area contributed by atoms with Crippen LogP contribution in [0.4, 0.5) is 4.39 Å². The van der Waals surface area contributed by atoms with Crippen molar-refractivity contribution in [3.63, 3.8) is 0 Å². The molecule has 2 aromatic rings. The van der Waals surface area contributed by atoms with Gasteiger partial charge in [0.1, 0.15) is 5.82 Å². The number of ether oxygens (including phenoxy) is 2. The molecule has 7 heteroatoms. The minimum atomic E-state index is -1.10. The highest BCUT2D eigenvalue weighted by atomic mass is 19.1. The smallest absolute Gasteiger partial charge is 0.305 e. The number of carboxylic acid groups (broad SMARTS) is 1. The Kier molecular flexibility index (Phi) is 5.94. The molecule has 1 amide bonds. The van der Waals surface area contributed by atoms with E-state index in [0.29, 0.717) is 17.1 Å². The van der Waals surface area contributed by atoms with Gasteiger partial charge < -0.3 is 19.9 Å². The first-order chi connectivity index (χ1) is 12.0. The molecule has 0 spiro atoms. The zero-order chi connectivity index (χ0) is 18.4. The van der Waals surface area contributed by atoms with E-state index in [-0.39, 0.29) is 12.0 Å². The van der Waals surface area contributed by atoms with Gasteiger partial charge in [0.25, 0.3) is 5.91 Å². The predicted octanol–water partition coefficient (Wildman–Crippen LogP) is 2.79. The van der Waals surface area contributed by atoms with Crippen molar-refractivity contribution in [2.24, 2.45) is 0 Å². The molecule has 0 aromatic heterocycles. The van der Waals surface area contributed by atoms with Gasteiger partial charge in [-0.15, -0.1) is 0 Å². The summed E-state index contributed by atoms with van der Waals surface area (Å²) in [6, 6.07) is 9.44. The Labute approximate surface area is 144 Å². The fraction of sp³-hybridized carbons (Fsp3) is 0.222. The molecule has 0 saturated heterocycles. The fourth-order valence-corrected chi connectivity index (χ4v) is 2.38. The van der Waals surface area contributed by atoms with Gasteiger partial charge in [-0.3, -0.25) is 9.59 Å². The number of carbonyl (C=O) groups excluding carboxylic acids is 1. The largest absolute Gasteiger partial charge is 0.493 e. The van der Waals surface area contributed by atoms with Gasteiger partial charge in [0.2, 0.25) is 0 Å². The van der Waals surface area contributed by atoms with E-state index in [1.165, 1.54) is 32.4 Å². The summed E-state index contributed by atoms with van der Waals surface area (Å²) < 4.78 is 24.1. The van der Waals surface area contributed by atoms with Crippen molar-refractivity contribution in [2.45, 2.75) is 12.5 Å². The number of carbonyl (C=O) groups is 2. The first-order valence-electron chi connectivity index (χ1n) is 7.45. The third kappa shape index (κ3) is 4.47. The summed E-state index contributed by atoms with van der Waals surface area (Å²) in [5, 5.41) is 11.7. The minimum Gasteiger partial charge on any atom is -0.493 e. The number of carboxylic acids is 1. The number of methoxy groups -OCH3 is 2. The summed E-state index contributed by atoms with van der Waals surface area (Å²) in [6.07, 6.45) is -0.365. The van der Waals surface area contributed by atoms with E-state index in [9.17, 15) is 14.0 Å². The van der Waals surface area contributed by atoms with Crippen LogP contribution in [0.25, 0.3) is 0 Å². The summed E-state index contributed by atoms with van der Waals surface area (Å²) in [7, 11) is 2.93. The second-order valence-electron chi connectivity index (χ2n) is 5.22. The van der Waals surface area contributed by atoms with Crippen LogP contribution in [0.3, 0.4) is 0 Å². The summed E-state index contributed by atoms with van der Waals surface area (Å²) in [4.78, 5) is 23.5. The summed E-state index contributed by atoms with van der Waals surface area (Å²) in [5.74, 6) is -1.61. The maximum atomic E-state index is 13.8. The van der Waals surface area contributed by atoms with E-state index >= 15 is 0 Å². The molecule has 0 unspecified atom stereocenters. The quantitative estimate of drug-likeness (QED) is 0.804. The van der Waals surface area contributed by atoms with Crippen molar-refractivity contribution in [1.29, 1.82) is 0 Å². The van der Waals surface area contributed by atoms with E-state index in [1.807, 2.05) is 0 Å². The third-order valence-electron chi connectivity index (χ3n) is 3.61. The summed E-state index contributed by atoms with van der Waals surface area (Å²) in [5.41, 5.74) is 0.350. The molecule has 25 heavy (non-hydrogen) atoms. The highest BCUT2D eigenvalue weighted by molar-refractivity contribution is 5.95. The van der Waals surface area contributed by atoms with Crippen LogP contribution in [0.1, 0.15) is 28.4 Å². The maximum absolute atomic E-state index is 13.8. The number of aliphatic carboxylic acids is 1. The lowest BCUT2D eigenvalue weighted by molar-refractivity contribution is -0.137. The number of hydrogen-bond donors (Lipinski definition) is 2. The summed E-state index contributed by atoms with van der Waals surface area (Å²) in [6.45, 7) is 0. The number of hydrogen-bond acceptors (Lipinski definition) is 4. The topological polar surface area (TPSA) is 84.9 Å². The molecule has 132 valence electrons. The predicted molar refractivity (Wildman–Crippen MR) is 88.4 cm³/mol. The van der Waals surface area contributed by atoms with Gasteiger partial charge in [-0.1, -0.05) is 18.2 Å². The number of benzene rings is 2. The van der Waals surface area contributed by atoms with Crippen molar-refractivity contribution in [3.05, 3.63) is 59.4 Å². The monoisotopic (exact) mass is 347 g/mol. The van der Waals surface area contributed by atoms with Gasteiger partial charge in [-0.05, 0) is 29.8 Å². The molecular formula is C18H18FNO5. The Hall–Kier alpha value is -3.09. The van der Waals surface area contributed by atoms with Gasteiger partial charge in [0.15, 0.2) is 11.5 Å². The molecular weight excluding hydrogens is 329 g/mol. The molecule has 2 N–H and O–H groups in total. The molecule has 0 radical (unpaired) electrons. The number of halogens is 1. The normalized spacial score (nSPS) is 11.5. The molecule has 1 atom stereocenters. The van der Waals surface area contributed by atoms with Gasteiger partial charge in [0.05, 0.1) is 32.2 Å². The van der Waals surface area contributed by atoms with E-state index in [1.54, 1.807) is 18.2 Å². The standard InChI is InChI=1S/C18H18FNO5/c1-24-15-8-7-11(9-16(15)25-2)14(10-17(21)22)20-18(23)12-5-3-4-6-13(12)19/h3-9,14H,10H2,1-2H3,(H,20,23)(H,21,22)/t14-/m0/s1. The molecule has 6 nitrogen and oxygen atoms in total. The van der Waals surface area contributed by atoms with Crippen LogP contribution < -0.4 is 14.8 Å². The Balaban J connectivity index is 2.32. The lowest BCUT2D eigenvalue weighted by Gasteiger charge is -2.19. The van der Waals surface area contributed by atoms with Crippen LogP contribution in [0.5, 0.6) is 11.5 Å². The first-order valence-corrected chi connectivity index (χ1v) is 7.45. The molecule has 0 aliphatic heterocycles. The Morgan fingerprint density at radius 1 is 1.12 bits per heavy atom.